The Balaban J connectivity index is 1.54. The molecule has 5 rings (SSSR count). The van der Waals surface area contributed by atoms with Gasteiger partial charge in [0.15, 0.2) is 11.6 Å². The summed E-state index contributed by atoms with van der Waals surface area (Å²) in [6.45, 7) is 0. The van der Waals surface area contributed by atoms with E-state index in [4.69, 9.17) is 25.8 Å². The number of aromatic nitrogens is 3. The van der Waals surface area contributed by atoms with Crippen molar-refractivity contribution in [1.29, 1.82) is 5.26 Å². The van der Waals surface area contributed by atoms with Crippen LogP contribution in [0.1, 0.15) is 24.8 Å². The molecule has 2 atom stereocenters. The van der Waals surface area contributed by atoms with Gasteiger partial charge in [-0.3, -0.25) is 0 Å². The fourth-order valence-corrected chi connectivity index (χ4v) is 5.12. The number of nitriles is 1. The van der Waals surface area contributed by atoms with Gasteiger partial charge in [-0.1, -0.05) is 0 Å². The van der Waals surface area contributed by atoms with E-state index in [-0.39, 0.29) is 5.75 Å². The number of carbonyl (C=O) groups is 1. The number of methoxy groups -OCH3 is 1. The molecule has 1 saturated carbocycles. The summed E-state index contributed by atoms with van der Waals surface area (Å²) in [5, 5.41) is 10.0. The Kier molecular flexibility index (Phi) is 5.89. The maximum Gasteiger partial charge on any atom is 0.404 e. The molecule has 2 aromatic carbocycles. The smallest absolute Gasteiger partial charge is 0.404 e. The summed E-state index contributed by atoms with van der Waals surface area (Å²) in [7, 11) is 1.49. The average molecular weight is 499 g/mol. The van der Waals surface area contributed by atoms with Gasteiger partial charge in [0.05, 0.1) is 46.2 Å². The Bertz CT molecular complexity index is 1470. The summed E-state index contributed by atoms with van der Waals surface area (Å²) >= 11 is 6.66. The number of benzene rings is 2. The molecule has 172 valence electrons. The van der Waals surface area contributed by atoms with Gasteiger partial charge < -0.3 is 14.2 Å². The highest BCUT2D eigenvalue weighted by molar-refractivity contribution is 7.21. The zero-order valence-electron chi connectivity index (χ0n) is 17.7. The lowest BCUT2D eigenvalue weighted by Gasteiger charge is -2.20. The monoisotopic (exact) mass is 498 g/mol. The molecule has 0 spiro atoms. The lowest BCUT2D eigenvalue weighted by molar-refractivity contribution is 0.0456. The predicted molar refractivity (Wildman–Crippen MR) is 124 cm³/mol. The second-order valence-corrected chi connectivity index (χ2v) is 9.01. The average Bonchev–Trinajstić information content (AvgIpc) is 3.43. The van der Waals surface area contributed by atoms with Crippen LogP contribution in [0.5, 0.6) is 11.6 Å². The molecule has 1 aliphatic rings. The van der Waals surface area contributed by atoms with Gasteiger partial charge in [0.2, 0.25) is 5.88 Å². The standard InChI is InChI=1S/C23H16ClFN4O4S/c1-31-20-10-27-21-12(5-11(9-26)6-15(21)28-20)22-29-14-7-13(25)18(8-19(14)34-22)32-16-3-2-4-17(16)33-23(24)30/h5-8,10,16-17H,2-4H2,1H3/t16-,17+/m1/s1. The summed E-state index contributed by atoms with van der Waals surface area (Å²) in [5.74, 6) is -0.204. The van der Waals surface area contributed by atoms with Gasteiger partial charge in [-0.25, -0.2) is 24.1 Å². The lowest BCUT2D eigenvalue weighted by atomic mass is 10.1. The summed E-state index contributed by atoms with van der Waals surface area (Å²) < 4.78 is 31.6. The number of ether oxygens (including phenoxy) is 3. The number of nitrogens with zero attached hydrogens (tertiary/aromatic N) is 4. The lowest BCUT2D eigenvalue weighted by Crippen LogP contribution is -2.29. The first kappa shape index (κ1) is 22.3. The fraction of sp³-hybridized carbons (Fsp3) is 0.261. The maximum atomic E-state index is 14.9. The van der Waals surface area contributed by atoms with E-state index in [0.29, 0.717) is 56.1 Å². The van der Waals surface area contributed by atoms with E-state index in [2.05, 4.69) is 21.0 Å². The van der Waals surface area contributed by atoms with Gasteiger partial charge in [-0.05, 0) is 31.4 Å². The third kappa shape index (κ3) is 4.20. The number of hydrogen-bond donors (Lipinski definition) is 0. The molecule has 0 bridgehead atoms. The third-order valence-electron chi connectivity index (χ3n) is 5.55. The molecule has 0 radical (unpaired) electrons. The Morgan fingerprint density at radius 2 is 2.03 bits per heavy atom. The number of rotatable bonds is 5. The number of halogens is 2. The Labute approximate surface area is 201 Å². The minimum absolute atomic E-state index is 0.0467. The molecule has 0 aliphatic heterocycles. The normalized spacial score (nSPS) is 17.6. The molecule has 0 unspecified atom stereocenters. The molecule has 11 heteroatoms. The van der Waals surface area contributed by atoms with Gasteiger partial charge in [0.25, 0.3) is 0 Å². The highest BCUT2D eigenvalue weighted by Gasteiger charge is 2.33. The molecule has 4 aromatic rings. The van der Waals surface area contributed by atoms with E-state index in [0.717, 1.165) is 6.42 Å². The minimum Gasteiger partial charge on any atom is -0.483 e. The molecule has 0 N–H and O–H groups in total. The van der Waals surface area contributed by atoms with Gasteiger partial charge >= 0.3 is 5.43 Å². The number of hydrogen-bond acceptors (Lipinski definition) is 9. The van der Waals surface area contributed by atoms with Crippen molar-refractivity contribution in [2.45, 2.75) is 31.5 Å². The van der Waals surface area contributed by atoms with Crippen LogP contribution in [0.15, 0.2) is 30.5 Å². The van der Waals surface area contributed by atoms with Gasteiger partial charge in [-0.2, -0.15) is 5.26 Å². The quantitative estimate of drug-likeness (QED) is 0.327. The first-order chi connectivity index (χ1) is 16.4. The first-order valence-electron chi connectivity index (χ1n) is 10.3. The van der Waals surface area contributed by atoms with E-state index in [1.165, 1.54) is 30.7 Å². The van der Waals surface area contributed by atoms with Crippen LogP contribution in [-0.2, 0) is 4.74 Å². The molecule has 2 heterocycles. The van der Waals surface area contributed by atoms with Gasteiger partial charge in [-0.15, -0.1) is 11.3 Å². The summed E-state index contributed by atoms with van der Waals surface area (Å²) in [6, 6.07) is 8.30. The molecular formula is C23H16ClFN4O4S. The fourth-order valence-electron chi connectivity index (χ4n) is 4.01. The van der Waals surface area contributed by atoms with Gasteiger partial charge in [0.1, 0.15) is 17.2 Å². The van der Waals surface area contributed by atoms with Crippen LogP contribution < -0.4 is 9.47 Å². The van der Waals surface area contributed by atoms with E-state index in [9.17, 15) is 14.4 Å². The largest absolute Gasteiger partial charge is 0.483 e. The molecule has 0 saturated heterocycles. The molecule has 1 fully saturated rings. The van der Waals surface area contributed by atoms with Crippen molar-refractivity contribution in [3.8, 4) is 28.3 Å². The molecule has 34 heavy (non-hydrogen) atoms. The second kappa shape index (κ2) is 9.00. The van der Waals surface area contributed by atoms with Crippen LogP contribution in [0.3, 0.4) is 0 Å². The Hall–Kier alpha value is -3.55. The minimum atomic E-state index is -0.906. The van der Waals surface area contributed by atoms with Crippen molar-refractivity contribution >= 4 is 49.6 Å². The van der Waals surface area contributed by atoms with Crippen molar-refractivity contribution in [1.82, 2.24) is 15.0 Å². The first-order valence-corrected chi connectivity index (χ1v) is 11.5. The maximum absolute atomic E-state index is 14.9. The van der Waals surface area contributed by atoms with Crippen molar-refractivity contribution in [2.24, 2.45) is 0 Å². The van der Waals surface area contributed by atoms with Crippen molar-refractivity contribution < 1.29 is 23.4 Å². The highest BCUT2D eigenvalue weighted by Crippen LogP contribution is 2.38. The number of fused-ring (bicyclic) bond motifs is 2. The van der Waals surface area contributed by atoms with Crippen LogP contribution in [-0.4, -0.2) is 39.7 Å². The molecule has 1 aliphatic carbocycles. The van der Waals surface area contributed by atoms with Crippen LogP contribution in [0.2, 0.25) is 0 Å². The van der Waals surface area contributed by atoms with Crippen molar-refractivity contribution in [2.75, 3.05) is 7.11 Å². The number of carbonyl (C=O) groups excluding carboxylic acids is 1. The summed E-state index contributed by atoms with van der Waals surface area (Å²) in [4.78, 5) is 24.5. The van der Waals surface area contributed by atoms with Gasteiger partial charge in [0, 0.05) is 29.3 Å². The Morgan fingerprint density at radius 1 is 1.21 bits per heavy atom. The zero-order chi connectivity index (χ0) is 23.8. The Morgan fingerprint density at radius 3 is 2.79 bits per heavy atom. The zero-order valence-corrected chi connectivity index (χ0v) is 19.3. The second-order valence-electron chi connectivity index (χ2n) is 7.67. The molecular weight excluding hydrogens is 483 g/mol. The summed E-state index contributed by atoms with van der Waals surface area (Å²) in [5.41, 5.74) is 1.57. The van der Waals surface area contributed by atoms with Crippen LogP contribution in [0, 0.1) is 17.1 Å². The molecule has 2 aromatic heterocycles. The topological polar surface area (TPSA) is 107 Å². The SMILES string of the molecule is COc1cnc2c(-c3nc4cc(F)c(O[C@@H]5CCC[C@@H]5OC(=O)Cl)cc4s3)cc(C#N)cc2n1. The summed E-state index contributed by atoms with van der Waals surface area (Å²) in [6.07, 6.45) is 2.49. The van der Waals surface area contributed by atoms with Crippen molar-refractivity contribution in [3.63, 3.8) is 0 Å². The van der Waals surface area contributed by atoms with E-state index in [1.807, 2.05) is 0 Å². The third-order valence-corrected chi connectivity index (χ3v) is 6.69. The van der Waals surface area contributed by atoms with Crippen LogP contribution >= 0.6 is 22.9 Å². The van der Waals surface area contributed by atoms with E-state index in [1.54, 1.807) is 18.2 Å². The van der Waals surface area contributed by atoms with E-state index >= 15 is 0 Å². The van der Waals surface area contributed by atoms with E-state index < -0.39 is 23.5 Å². The highest BCUT2D eigenvalue weighted by atomic mass is 35.5. The van der Waals surface area contributed by atoms with Crippen LogP contribution in [0.25, 0.3) is 31.8 Å². The number of thiazole rings is 1. The molecule has 8 nitrogen and oxygen atoms in total. The van der Waals surface area contributed by atoms with Crippen LogP contribution in [0.4, 0.5) is 9.18 Å². The van der Waals surface area contributed by atoms with Crippen molar-refractivity contribution in [3.05, 3.63) is 41.8 Å². The molecule has 0 amide bonds. The predicted octanol–water partition coefficient (Wildman–Crippen LogP) is 5.60.